The van der Waals surface area contributed by atoms with Gasteiger partial charge in [0.2, 0.25) is 5.95 Å². The summed E-state index contributed by atoms with van der Waals surface area (Å²) in [5.41, 5.74) is 2.61. The van der Waals surface area contributed by atoms with Gasteiger partial charge in [-0.05, 0) is 37.3 Å². The number of nitrogens with one attached hydrogen (secondary N) is 2. The Hall–Kier alpha value is -2.79. The van der Waals surface area contributed by atoms with Crippen molar-refractivity contribution in [2.24, 2.45) is 0 Å². The third kappa shape index (κ3) is 3.94. The molecule has 1 heterocycles. The van der Waals surface area contributed by atoms with Crippen LogP contribution in [0.25, 0.3) is 0 Å². The molecule has 5 nitrogen and oxygen atoms in total. The first-order valence-electron chi connectivity index (χ1n) is 7.42. The zero-order chi connectivity index (χ0) is 16.9. The van der Waals surface area contributed by atoms with Crippen LogP contribution in [-0.2, 0) is 0 Å². The van der Waals surface area contributed by atoms with Crippen LogP contribution in [0.3, 0.4) is 0 Å². The molecule has 3 rings (SSSR count). The summed E-state index contributed by atoms with van der Waals surface area (Å²) in [6.45, 7) is 1.92. The number of methoxy groups -OCH3 is 1. The molecule has 0 unspecified atom stereocenters. The lowest BCUT2D eigenvalue weighted by molar-refractivity contribution is 0.415. The van der Waals surface area contributed by atoms with Crippen LogP contribution in [-0.4, -0.2) is 17.1 Å². The summed E-state index contributed by atoms with van der Waals surface area (Å²) < 4.78 is 5.16. The normalized spacial score (nSPS) is 10.3. The minimum absolute atomic E-state index is 0.531. The number of rotatable bonds is 5. The predicted molar refractivity (Wildman–Crippen MR) is 97.8 cm³/mol. The third-order valence-corrected chi connectivity index (χ3v) is 3.60. The molecule has 0 spiro atoms. The number of anilines is 4. The summed E-state index contributed by atoms with van der Waals surface area (Å²) in [5.74, 6) is 1.85. The highest BCUT2D eigenvalue weighted by molar-refractivity contribution is 6.32. The molecule has 24 heavy (non-hydrogen) atoms. The van der Waals surface area contributed by atoms with Crippen LogP contribution in [0.2, 0.25) is 5.02 Å². The average Bonchev–Trinajstić information content (AvgIpc) is 2.55. The third-order valence-electron chi connectivity index (χ3n) is 3.31. The first-order valence-corrected chi connectivity index (χ1v) is 7.80. The number of hydrogen-bond donors (Lipinski definition) is 2. The van der Waals surface area contributed by atoms with Gasteiger partial charge in [0, 0.05) is 23.1 Å². The Kier molecular flexibility index (Phi) is 4.82. The van der Waals surface area contributed by atoms with Crippen molar-refractivity contribution in [1.82, 2.24) is 9.97 Å². The van der Waals surface area contributed by atoms with E-state index in [9.17, 15) is 0 Å². The van der Waals surface area contributed by atoms with Crippen LogP contribution < -0.4 is 15.4 Å². The molecule has 0 aliphatic carbocycles. The van der Waals surface area contributed by atoms with E-state index in [-0.39, 0.29) is 0 Å². The fourth-order valence-corrected chi connectivity index (χ4v) is 2.49. The minimum Gasteiger partial charge on any atom is -0.495 e. The second kappa shape index (κ2) is 7.19. The minimum atomic E-state index is 0.531. The van der Waals surface area contributed by atoms with Gasteiger partial charge < -0.3 is 15.4 Å². The van der Waals surface area contributed by atoms with Crippen LogP contribution in [0.5, 0.6) is 5.75 Å². The van der Waals surface area contributed by atoms with Gasteiger partial charge in [-0.15, -0.1) is 0 Å². The highest BCUT2D eigenvalue weighted by Gasteiger charge is 2.06. The Morgan fingerprint density at radius 3 is 2.42 bits per heavy atom. The lowest BCUT2D eigenvalue weighted by atomic mass is 10.3. The molecule has 2 aromatic carbocycles. The fraction of sp³-hybridized carbons (Fsp3) is 0.111. The maximum atomic E-state index is 6.16. The maximum absolute atomic E-state index is 6.16. The molecule has 0 atom stereocenters. The zero-order valence-corrected chi connectivity index (χ0v) is 14.1. The number of ether oxygens (including phenoxy) is 1. The lowest BCUT2D eigenvalue weighted by Crippen LogP contribution is -2.02. The van der Waals surface area contributed by atoms with Gasteiger partial charge in [0.05, 0.1) is 12.1 Å². The Bertz CT molecular complexity index is 840. The van der Waals surface area contributed by atoms with Gasteiger partial charge in [-0.25, -0.2) is 4.98 Å². The molecule has 0 bridgehead atoms. The van der Waals surface area contributed by atoms with Crippen molar-refractivity contribution >= 4 is 34.7 Å². The van der Waals surface area contributed by atoms with Crippen molar-refractivity contribution in [3.8, 4) is 5.75 Å². The molecule has 1 aromatic heterocycles. The Labute approximate surface area is 145 Å². The van der Waals surface area contributed by atoms with Gasteiger partial charge >= 0.3 is 0 Å². The fourth-order valence-electron chi connectivity index (χ4n) is 2.23. The van der Waals surface area contributed by atoms with Crippen molar-refractivity contribution in [1.29, 1.82) is 0 Å². The summed E-state index contributed by atoms with van der Waals surface area (Å²) in [6.07, 6.45) is 0. The molecule has 0 saturated carbocycles. The van der Waals surface area contributed by atoms with Crippen LogP contribution in [0.15, 0.2) is 54.6 Å². The molecule has 0 aliphatic heterocycles. The Morgan fingerprint density at radius 2 is 1.71 bits per heavy atom. The quantitative estimate of drug-likeness (QED) is 0.689. The van der Waals surface area contributed by atoms with Gasteiger partial charge in [-0.3, -0.25) is 0 Å². The number of aromatic nitrogens is 2. The zero-order valence-electron chi connectivity index (χ0n) is 13.4. The number of benzene rings is 2. The first-order chi connectivity index (χ1) is 11.6. The number of halogens is 1. The van der Waals surface area contributed by atoms with Crippen LogP contribution in [0, 0.1) is 6.92 Å². The smallest absolute Gasteiger partial charge is 0.229 e. The van der Waals surface area contributed by atoms with Crippen molar-refractivity contribution in [3.63, 3.8) is 0 Å². The molecule has 0 saturated heterocycles. The summed E-state index contributed by atoms with van der Waals surface area (Å²) >= 11 is 6.16. The van der Waals surface area contributed by atoms with E-state index in [1.54, 1.807) is 13.2 Å². The average molecular weight is 341 g/mol. The van der Waals surface area contributed by atoms with Crippen LogP contribution >= 0.6 is 11.6 Å². The van der Waals surface area contributed by atoms with Gasteiger partial charge in [0.25, 0.3) is 0 Å². The number of aryl methyl sites for hydroxylation is 1. The van der Waals surface area contributed by atoms with Crippen molar-refractivity contribution in [2.75, 3.05) is 17.7 Å². The van der Waals surface area contributed by atoms with E-state index in [1.807, 2.05) is 55.5 Å². The molecule has 0 aliphatic rings. The highest BCUT2D eigenvalue weighted by atomic mass is 35.5. The number of nitrogens with zero attached hydrogens (tertiary/aromatic N) is 2. The monoisotopic (exact) mass is 340 g/mol. The van der Waals surface area contributed by atoms with Crippen molar-refractivity contribution in [3.05, 3.63) is 65.3 Å². The standard InChI is InChI=1S/C18H17ClN4O/c1-12-10-17(21-14-8-9-16(24-2)15(19)11-14)23-18(20-12)22-13-6-4-3-5-7-13/h3-11H,1-2H3,(H2,20,21,22,23). The second-order valence-corrected chi connectivity index (χ2v) is 5.59. The van der Waals surface area contributed by atoms with Gasteiger partial charge in [0.15, 0.2) is 0 Å². The van der Waals surface area contributed by atoms with Crippen molar-refractivity contribution < 1.29 is 4.74 Å². The number of para-hydroxylation sites is 1. The molecule has 3 aromatic rings. The molecule has 0 radical (unpaired) electrons. The Morgan fingerprint density at radius 1 is 0.917 bits per heavy atom. The van der Waals surface area contributed by atoms with E-state index < -0.39 is 0 Å². The van der Waals surface area contributed by atoms with Gasteiger partial charge in [-0.1, -0.05) is 29.8 Å². The molecule has 2 N–H and O–H groups in total. The molecule has 0 amide bonds. The van der Waals surface area contributed by atoms with E-state index in [1.165, 1.54) is 0 Å². The van der Waals surface area contributed by atoms with Crippen molar-refractivity contribution in [2.45, 2.75) is 6.92 Å². The van der Waals surface area contributed by atoms with Gasteiger partial charge in [0.1, 0.15) is 11.6 Å². The van der Waals surface area contributed by atoms with E-state index in [2.05, 4.69) is 20.6 Å². The second-order valence-electron chi connectivity index (χ2n) is 5.18. The van der Waals surface area contributed by atoms with Crippen LogP contribution in [0.1, 0.15) is 5.69 Å². The molecular formula is C18H17ClN4O. The summed E-state index contributed by atoms with van der Waals surface area (Å²) in [5, 5.41) is 6.96. The lowest BCUT2D eigenvalue weighted by Gasteiger charge is -2.11. The summed E-state index contributed by atoms with van der Waals surface area (Å²) in [6, 6.07) is 17.1. The summed E-state index contributed by atoms with van der Waals surface area (Å²) in [4.78, 5) is 8.90. The molecular weight excluding hydrogens is 324 g/mol. The van der Waals surface area contributed by atoms with Crippen LogP contribution in [0.4, 0.5) is 23.1 Å². The largest absolute Gasteiger partial charge is 0.495 e. The van der Waals surface area contributed by atoms with E-state index in [4.69, 9.17) is 16.3 Å². The van der Waals surface area contributed by atoms with Gasteiger partial charge in [-0.2, -0.15) is 4.98 Å². The summed E-state index contributed by atoms with van der Waals surface area (Å²) in [7, 11) is 1.59. The molecule has 6 heteroatoms. The molecule has 122 valence electrons. The number of hydrogen-bond acceptors (Lipinski definition) is 5. The predicted octanol–water partition coefficient (Wildman–Crippen LogP) is 4.93. The van der Waals surface area contributed by atoms with E-state index in [0.29, 0.717) is 22.5 Å². The Balaban J connectivity index is 1.82. The molecule has 0 fully saturated rings. The highest BCUT2D eigenvalue weighted by Crippen LogP contribution is 2.28. The SMILES string of the molecule is COc1ccc(Nc2cc(C)nc(Nc3ccccc3)n2)cc1Cl. The van der Waals surface area contributed by atoms with E-state index in [0.717, 1.165) is 17.1 Å². The van der Waals surface area contributed by atoms with E-state index >= 15 is 0 Å². The first kappa shape index (κ1) is 16.1. The maximum Gasteiger partial charge on any atom is 0.229 e. The topological polar surface area (TPSA) is 59.1 Å².